The summed E-state index contributed by atoms with van der Waals surface area (Å²) in [6.07, 6.45) is 0. The van der Waals surface area contributed by atoms with Gasteiger partial charge >= 0.3 is 0 Å². The number of aryl methyl sites for hydroxylation is 2. The predicted octanol–water partition coefficient (Wildman–Crippen LogP) is 18.4. The van der Waals surface area contributed by atoms with Crippen LogP contribution < -0.4 is 14.5 Å². The Hall–Kier alpha value is -8.40. The molecule has 1 aliphatic carbocycles. The van der Waals surface area contributed by atoms with Gasteiger partial charge in [0.2, 0.25) is 0 Å². The zero-order chi connectivity index (χ0) is 45.7. The van der Waals surface area contributed by atoms with Gasteiger partial charge in [-0.2, -0.15) is 0 Å². The van der Waals surface area contributed by atoms with Crippen LogP contribution in [0.5, 0.6) is 11.5 Å². The Morgan fingerprint density at radius 1 is 0.338 bits per heavy atom. The highest BCUT2D eigenvalue weighted by Crippen LogP contribution is 2.55. The minimum atomic E-state index is -0.123. The normalized spacial score (nSPS) is 12.9. The Kier molecular flexibility index (Phi) is 9.00. The Morgan fingerprint density at radius 2 is 0.926 bits per heavy atom. The van der Waals surface area contributed by atoms with E-state index in [1.807, 2.05) is 0 Å². The standard InChI is InChI=1S/C65H48N2O/c1-41-28-31-51-53(34-41)54-39-57-52-33-30-47(66(44-20-10-6-11-21-44)46-29-32-50-49-25-14-16-26-58(49)65(3,4)59(50)37-46)38-62(52)68-63-36-42(2)35-56(64(57)63)55(54)40-61(51)67(45-22-12-7-13-23-45)60-27-17-15-24-48(60)43-18-8-5-9-19-43/h5-40H,1-4H3. The molecule has 3 nitrogen and oxygen atoms in total. The molecule has 0 amide bonds. The van der Waals surface area contributed by atoms with Crippen LogP contribution in [0.2, 0.25) is 0 Å². The second kappa shape index (κ2) is 15.3. The fourth-order valence-electron chi connectivity index (χ4n) is 11.3. The fourth-order valence-corrected chi connectivity index (χ4v) is 11.3. The van der Waals surface area contributed by atoms with Crippen molar-refractivity contribution in [2.75, 3.05) is 9.80 Å². The van der Waals surface area contributed by atoms with E-state index in [4.69, 9.17) is 4.74 Å². The first-order chi connectivity index (χ1) is 33.3. The van der Waals surface area contributed by atoms with E-state index in [0.29, 0.717) is 0 Å². The molecule has 324 valence electrons. The van der Waals surface area contributed by atoms with Gasteiger partial charge in [-0.1, -0.05) is 159 Å². The largest absolute Gasteiger partial charge is 0.456 e. The lowest BCUT2D eigenvalue weighted by atomic mass is 9.82. The smallest absolute Gasteiger partial charge is 0.137 e. The number of para-hydroxylation sites is 3. The van der Waals surface area contributed by atoms with Crippen molar-refractivity contribution in [1.29, 1.82) is 0 Å². The van der Waals surface area contributed by atoms with Gasteiger partial charge < -0.3 is 14.5 Å². The van der Waals surface area contributed by atoms with Crippen molar-refractivity contribution in [3.05, 3.63) is 241 Å². The molecule has 2 aliphatic rings. The quantitative estimate of drug-likeness (QED) is 0.148. The molecule has 0 spiro atoms. The van der Waals surface area contributed by atoms with Gasteiger partial charge in [-0.15, -0.1) is 0 Å². The third-order valence-electron chi connectivity index (χ3n) is 14.5. The number of benzene rings is 11. The van der Waals surface area contributed by atoms with Crippen LogP contribution in [-0.2, 0) is 5.41 Å². The second-order valence-corrected chi connectivity index (χ2v) is 19.1. The first-order valence-corrected chi connectivity index (χ1v) is 23.7. The van der Waals surface area contributed by atoms with Crippen molar-refractivity contribution in [3.63, 3.8) is 0 Å². The maximum Gasteiger partial charge on any atom is 0.137 e. The molecule has 1 aliphatic heterocycles. The summed E-state index contributed by atoms with van der Waals surface area (Å²) in [7, 11) is 0. The topological polar surface area (TPSA) is 15.7 Å². The molecular formula is C65H48N2O. The highest BCUT2D eigenvalue weighted by Gasteiger charge is 2.36. The maximum absolute atomic E-state index is 7.14. The molecule has 68 heavy (non-hydrogen) atoms. The van der Waals surface area contributed by atoms with Crippen molar-refractivity contribution >= 4 is 66.4 Å². The predicted molar refractivity (Wildman–Crippen MR) is 286 cm³/mol. The zero-order valence-electron chi connectivity index (χ0n) is 38.6. The second-order valence-electron chi connectivity index (χ2n) is 19.1. The van der Waals surface area contributed by atoms with Gasteiger partial charge in [0.05, 0.1) is 11.4 Å². The number of nitrogens with zero attached hydrogens (tertiary/aromatic N) is 2. The Bertz CT molecular complexity index is 3820. The first-order valence-electron chi connectivity index (χ1n) is 23.7. The molecule has 0 N–H and O–H groups in total. The highest BCUT2D eigenvalue weighted by molar-refractivity contribution is 6.26. The number of hydrogen-bond donors (Lipinski definition) is 0. The summed E-state index contributed by atoms with van der Waals surface area (Å²) in [4.78, 5) is 4.82. The third-order valence-corrected chi connectivity index (χ3v) is 14.5. The first kappa shape index (κ1) is 39.9. The number of ether oxygens (including phenoxy) is 1. The van der Waals surface area contributed by atoms with Crippen LogP contribution >= 0.6 is 0 Å². The summed E-state index contributed by atoms with van der Waals surface area (Å²) >= 11 is 0. The van der Waals surface area contributed by atoms with Crippen LogP contribution in [0.25, 0.3) is 65.7 Å². The maximum atomic E-state index is 7.14. The minimum Gasteiger partial charge on any atom is -0.456 e. The minimum absolute atomic E-state index is 0.123. The van der Waals surface area contributed by atoms with Crippen LogP contribution in [0.4, 0.5) is 34.1 Å². The van der Waals surface area contributed by atoms with E-state index in [1.54, 1.807) is 0 Å². The van der Waals surface area contributed by atoms with Gasteiger partial charge in [0.1, 0.15) is 11.5 Å². The molecule has 0 radical (unpaired) electrons. The van der Waals surface area contributed by atoms with Crippen LogP contribution in [0, 0.1) is 13.8 Å². The van der Waals surface area contributed by atoms with Crippen molar-refractivity contribution in [2.24, 2.45) is 0 Å². The van der Waals surface area contributed by atoms with Crippen LogP contribution in [0.3, 0.4) is 0 Å². The molecule has 13 rings (SSSR count). The van der Waals surface area contributed by atoms with Gasteiger partial charge in [0.15, 0.2) is 0 Å². The molecule has 11 aromatic carbocycles. The van der Waals surface area contributed by atoms with E-state index >= 15 is 0 Å². The number of anilines is 6. The lowest BCUT2D eigenvalue weighted by Crippen LogP contribution is -2.16. The molecular weight excluding hydrogens is 825 g/mol. The highest BCUT2D eigenvalue weighted by atomic mass is 16.5. The number of hydrogen-bond acceptors (Lipinski definition) is 3. The van der Waals surface area contributed by atoms with Crippen LogP contribution in [0.1, 0.15) is 36.1 Å². The Balaban J connectivity index is 1.02. The summed E-state index contributed by atoms with van der Waals surface area (Å²) < 4.78 is 7.14. The molecule has 0 bridgehead atoms. The SMILES string of the molecule is Cc1ccc2c(N(c3ccccc3)c3ccccc3-c3ccccc3)cc3c4cc(C)cc5c4c(cc3c2c1)-c1ccc(N(c2ccccc2)c2ccc3c(c2)C(C)(C)c2ccccc2-3)cc1O5. The Labute approximate surface area is 397 Å². The van der Waals surface area contributed by atoms with Crippen molar-refractivity contribution in [2.45, 2.75) is 33.1 Å². The molecule has 0 atom stereocenters. The monoisotopic (exact) mass is 872 g/mol. The summed E-state index contributed by atoms with van der Waals surface area (Å²) in [5.41, 5.74) is 18.8. The zero-order valence-corrected chi connectivity index (χ0v) is 38.6. The van der Waals surface area contributed by atoms with Gasteiger partial charge in [-0.3, -0.25) is 0 Å². The number of rotatable bonds is 7. The number of fused-ring (bicyclic) bond motifs is 9. The van der Waals surface area contributed by atoms with Gasteiger partial charge in [0, 0.05) is 56.1 Å². The summed E-state index contributed by atoms with van der Waals surface area (Å²) in [6, 6.07) is 80.0. The van der Waals surface area contributed by atoms with Gasteiger partial charge in [-0.05, 0) is 147 Å². The van der Waals surface area contributed by atoms with E-state index in [1.165, 1.54) is 71.4 Å². The van der Waals surface area contributed by atoms with E-state index in [-0.39, 0.29) is 5.41 Å². The van der Waals surface area contributed by atoms with E-state index in [9.17, 15) is 0 Å². The average molecular weight is 873 g/mol. The van der Waals surface area contributed by atoms with Crippen LogP contribution in [0.15, 0.2) is 218 Å². The van der Waals surface area contributed by atoms with Gasteiger partial charge in [0.25, 0.3) is 0 Å². The molecule has 0 saturated heterocycles. The van der Waals surface area contributed by atoms with E-state index in [2.05, 4.69) is 256 Å². The van der Waals surface area contributed by atoms with E-state index < -0.39 is 0 Å². The lowest BCUT2D eigenvalue weighted by molar-refractivity contribution is 0.487. The molecule has 0 saturated carbocycles. The summed E-state index contributed by atoms with van der Waals surface area (Å²) in [5.74, 6) is 1.73. The Morgan fingerprint density at radius 3 is 1.69 bits per heavy atom. The van der Waals surface area contributed by atoms with Crippen molar-refractivity contribution in [3.8, 4) is 44.9 Å². The molecule has 0 unspecified atom stereocenters. The average Bonchev–Trinajstić information content (AvgIpc) is 3.60. The summed E-state index contributed by atoms with van der Waals surface area (Å²) in [5, 5.41) is 7.15. The van der Waals surface area contributed by atoms with E-state index in [0.717, 1.165) is 62.1 Å². The van der Waals surface area contributed by atoms with Crippen molar-refractivity contribution < 1.29 is 4.74 Å². The summed E-state index contributed by atoms with van der Waals surface area (Å²) in [6.45, 7) is 9.09. The van der Waals surface area contributed by atoms with Crippen molar-refractivity contribution in [1.82, 2.24) is 0 Å². The molecule has 0 aromatic heterocycles. The fraction of sp³-hybridized carbons (Fsp3) is 0.0769. The molecule has 11 aromatic rings. The molecule has 0 fully saturated rings. The van der Waals surface area contributed by atoms with Gasteiger partial charge in [-0.25, -0.2) is 0 Å². The van der Waals surface area contributed by atoms with Crippen LogP contribution in [-0.4, -0.2) is 0 Å². The molecule has 1 heterocycles. The third kappa shape index (κ3) is 6.19. The molecule has 3 heteroatoms. The lowest BCUT2D eigenvalue weighted by Gasteiger charge is -2.31.